The first kappa shape index (κ1) is 30.8. The fourth-order valence-corrected chi connectivity index (χ4v) is 9.95. The van der Waals surface area contributed by atoms with Gasteiger partial charge in [-0.3, -0.25) is 0 Å². The highest BCUT2D eigenvalue weighted by Gasteiger charge is 2.46. The number of aromatic nitrogens is 2. The molecule has 3 aromatic rings. The van der Waals surface area contributed by atoms with Crippen LogP contribution in [0.3, 0.4) is 0 Å². The van der Waals surface area contributed by atoms with Crippen LogP contribution in [0.25, 0.3) is 0 Å². The molecule has 2 aromatic carbocycles. The third-order valence-electron chi connectivity index (χ3n) is 10.9. The van der Waals surface area contributed by atoms with Gasteiger partial charge in [-0.1, -0.05) is 35.9 Å². The van der Waals surface area contributed by atoms with Crippen LogP contribution in [0.4, 0.5) is 5.69 Å². The summed E-state index contributed by atoms with van der Waals surface area (Å²) in [6, 6.07) is 13.5. The molecule has 0 bridgehead atoms. The molecule has 7 nitrogen and oxygen atoms in total. The van der Waals surface area contributed by atoms with Gasteiger partial charge in [0.2, 0.25) is 0 Å². The monoisotopic (exact) mass is 647 g/mol. The number of hydrogen-bond donors (Lipinski definition) is 1. The highest BCUT2D eigenvalue weighted by Crippen LogP contribution is 2.49. The minimum absolute atomic E-state index is 0.187. The van der Waals surface area contributed by atoms with E-state index in [1.807, 2.05) is 55.5 Å². The fourth-order valence-electron chi connectivity index (χ4n) is 8.58. The highest BCUT2D eigenvalue weighted by molar-refractivity contribution is 7.99. The van der Waals surface area contributed by atoms with Gasteiger partial charge in [-0.05, 0) is 117 Å². The highest BCUT2D eigenvalue weighted by atomic mass is 35.5. The molecule has 0 saturated heterocycles. The van der Waals surface area contributed by atoms with Gasteiger partial charge in [0, 0.05) is 48.3 Å². The summed E-state index contributed by atoms with van der Waals surface area (Å²) in [6.45, 7) is 2.22. The van der Waals surface area contributed by atoms with Crippen molar-refractivity contribution >= 4 is 35.0 Å². The number of benzene rings is 2. The smallest absolute Gasteiger partial charge is 0.335 e. The minimum Gasteiger partial charge on any atom is -0.490 e. The second-order valence-electron chi connectivity index (χ2n) is 13.5. The van der Waals surface area contributed by atoms with E-state index in [9.17, 15) is 9.90 Å². The average Bonchev–Trinajstić information content (AvgIpc) is 3.19. The summed E-state index contributed by atoms with van der Waals surface area (Å²) in [5, 5.41) is 12.0. The first-order chi connectivity index (χ1) is 21.9. The number of nitrogens with zero attached hydrogens (tertiary/aromatic N) is 3. The number of methoxy groups -OCH3 is 1. The fraction of sp³-hybridized carbons (Fsp3) is 0.528. The molecule has 1 N–H and O–H groups in total. The van der Waals surface area contributed by atoms with Crippen LogP contribution in [0.5, 0.6) is 5.75 Å². The molecule has 6 atom stereocenters. The summed E-state index contributed by atoms with van der Waals surface area (Å²) in [7, 11) is 1.89. The summed E-state index contributed by atoms with van der Waals surface area (Å²) in [4.78, 5) is 23.4. The van der Waals surface area contributed by atoms with Crippen molar-refractivity contribution in [1.82, 2.24) is 9.97 Å². The molecule has 45 heavy (non-hydrogen) atoms. The Hall–Kier alpha value is -2.81. The SMILES string of the molecule is CO[C@@H]([C@H]1CCC[C@@H](Sc2ncccn2)C1)[C@@H]1CC[C@H]1CN1C[C@@]2(CCCc3cc(Cl)ccc32)COc2ccc(C(=O)O)cc21. The lowest BCUT2D eigenvalue weighted by atomic mass is 9.65. The number of ether oxygens (including phenoxy) is 2. The third-order valence-corrected chi connectivity index (χ3v) is 12.3. The Morgan fingerprint density at radius 1 is 1.16 bits per heavy atom. The molecule has 1 spiro atoms. The van der Waals surface area contributed by atoms with E-state index in [1.165, 1.54) is 30.4 Å². The normalized spacial score (nSPS) is 28.3. The molecule has 0 unspecified atom stereocenters. The molecule has 4 aliphatic rings. The average molecular weight is 648 g/mol. The zero-order chi connectivity index (χ0) is 31.0. The lowest BCUT2D eigenvalue weighted by molar-refractivity contribution is -0.0587. The Bertz CT molecular complexity index is 1530. The summed E-state index contributed by atoms with van der Waals surface area (Å²) in [5.41, 5.74) is 3.63. The lowest BCUT2D eigenvalue weighted by Gasteiger charge is -2.48. The molecule has 1 aromatic heterocycles. The number of aryl methyl sites for hydroxylation is 1. The van der Waals surface area contributed by atoms with E-state index >= 15 is 0 Å². The number of fused-ring (bicyclic) bond motifs is 3. The number of carboxylic acids is 1. The van der Waals surface area contributed by atoms with E-state index in [-0.39, 0.29) is 11.5 Å². The second kappa shape index (κ2) is 13.1. The van der Waals surface area contributed by atoms with Crippen LogP contribution in [-0.2, 0) is 16.6 Å². The van der Waals surface area contributed by atoms with Gasteiger partial charge in [-0.2, -0.15) is 0 Å². The van der Waals surface area contributed by atoms with Crippen LogP contribution in [0.15, 0.2) is 60.0 Å². The molecule has 2 heterocycles. The number of thioether (sulfide) groups is 1. The number of carboxylic acid groups (broad SMARTS) is 1. The molecule has 0 amide bonds. The van der Waals surface area contributed by atoms with Gasteiger partial charge in [-0.25, -0.2) is 14.8 Å². The Morgan fingerprint density at radius 3 is 2.80 bits per heavy atom. The maximum Gasteiger partial charge on any atom is 0.335 e. The third kappa shape index (κ3) is 6.30. The topological polar surface area (TPSA) is 84.8 Å². The second-order valence-corrected chi connectivity index (χ2v) is 15.2. The van der Waals surface area contributed by atoms with Crippen molar-refractivity contribution in [3.05, 3.63) is 76.6 Å². The largest absolute Gasteiger partial charge is 0.490 e. The van der Waals surface area contributed by atoms with Gasteiger partial charge in [0.25, 0.3) is 0 Å². The van der Waals surface area contributed by atoms with E-state index in [4.69, 9.17) is 21.1 Å². The minimum atomic E-state index is -0.916. The summed E-state index contributed by atoms with van der Waals surface area (Å²) < 4.78 is 12.9. The molecule has 1 aliphatic heterocycles. The number of anilines is 1. The van der Waals surface area contributed by atoms with Crippen molar-refractivity contribution in [2.45, 2.75) is 79.7 Å². The molecule has 2 fully saturated rings. The van der Waals surface area contributed by atoms with Crippen molar-refractivity contribution in [2.75, 3.05) is 31.7 Å². The quantitative estimate of drug-likeness (QED) is 0.249. The van der Waals surface area contributed by atoms with E-state index in [2.05, 4.69) is 27.0 Å². The first-order valence-corrected chi connectivity index (χ1v) is 17.7. The number of carbonyl (C=O) groups is 1. The summed E-state index contributed by atoms with van der Waals surface area (Å²) in [5.74, 6) is 1.30. The zero-order valence-corrected chi connectivity index (χ0v) is 27.4. The van der Waals surface area contributed by atoms with Gasteiger partial charge in [-0.15, -0.1) is 0 Å². The summed E-state index contributed by atoms with van der Waals surface area (Å²) >= 11 is 8.25. The zero-order valence-electron chi connectivity index (χ0n) is 25.9. The molecule has 2 saturated carbocycles. The Morgan fingerprint density at radius 2 is 2.02 bits per heavy atom. The van der Waals surface area contributed by atoms with E-state index in [1.54, 1.807) is 6.07 Å². The summed E-state index contributed by atoms with van der Waals surface area (Å²) in [6.07, 6.45) is 14.0. The van der Waals surface area contributed by atoms with Crippen LogP contribution in [0.1, 0.15) is 72.9 Å². The molecule has 238 valence electrons. The van der Waals surface area contributed by atoms with Crippen LogP contribution in [0.2, 0.25) is 5.02 Å². The number of hydrogen-bond acceptors (Lipinski definition) is 7. The number of rotatable bonds is 8. The van der Waals surface area contributed by atoms with Gasteiger partial charge in [0.1, 0.15) is 5.75 Å². The first-order valence-electron chi connectivity index (χ1n) is 16.4. The van der Waals surface area contributed by atoms with Crippen LogP contribution in [-0.4, -0.2) is 59.2 Å². The van der Waals surface area contributed by atoms with E-state index in [0.717, 1.165) is 73.2 Å². The number of halogens is 1. The van der Waals surface area contributed by atoms with Gasteiger partial charge < -0.3 is 19.5 Å². The molecule has 0 radical (unpaired) electrons. The van der Waals surface area contributed by atoms with Crippen molar-refractivity contribution < 1.29 is 19.4 Å². The van der Waals surface area contributed by atoms with Crippen molar-refractivity contribution in [2.24, 2.45) is 17.8 Å². The molecule has 9 heteroatoms. The van der Waals surface area contributed by atoms with Crippen molar-refractivity contribution in [3.63, 3.8) is 0 Å². The molecule has 7 rings (SSSR count). The van der Waals surface area contributed by atoms with Crippen LogP contribution < -0.4 is 9.64 Å². The van der Waals surface area contributed by atoms with E-state index < -0.39 is 5.97 Å². The van der Waals surface area contributed by atoms with Crippen LogP contribution >= 0.6 is 23.4 Å². The van der Waals surface area contributed by atoms with Gasteiger partial charge in [0.05, 0.1) is 24.0 Å². The Labute approximate surface area is 275 Å². The standard InChI is InChI=1S/C36H42ClN3O4S/c1-43-33(24-5-2-7-28(18-24)45-35-38-15-4-16-39-35)29-11-8-26(29)20-40-21-36(14-3-6-23-17-27(37)10-12-30(23)36)22-44-32-13-9-25(34(41)42)19-31(32)40/h4,9-10,12-13,15-17,19,24,26,28-29,33H,2-3,5-8,11,14,18,20-22H2,1H3,(H,41,42)/t24-,26-,28+,29+,33-,36-/m0/s1. The van der Waals surface area contributed by atoms with Gasteiger partial charge >= 0.3 is 5.97 Å². The van der Waals surface area contributed by atoms with Crippen LogP contribution in [0, 0.1) is 17.8 Å². The van der Waals surface area contributed by atoms with E-state index in [0.29, 0.717) is 35.2 Å². The predicted octanol–water partition coefficient (Wildman–Crippen LogP) is 7.69. The Balaban J connectivity index is 1.14. The molecular weight excluding hydrogens is 606 g/mol. The Kier molecular flexibility index (Phi) is 8.99. The number of aromatic carboxylic acids is 1. The lowest BCUT2D eigenvalue weighted by Crippen LogP contribution is -2.51. The maximum atomic E-state index is 12.1. The molecular formula is C36H42ClN3O4S. The van der Waals surface area contributed by atoms with Crippen molar-refractivity contribution in [1.29, 1.82) is 0 Å². The predicted molar refractivity (Wildman–Crippen MR) is 178 cm³/mol. The molecule has 3 aliphatic carbocycles. The van der Waals surface area contributed by atoms with Crippen molar-refractivity contribution in [3.8, 4) is 5.75 Å². The van der Waals surface area contributed by atoms with Gasteiger partial charge in [0.15, 0.2) is 5.16 Å². The maximum absolute atomic E-state index is 12.1.